The van der Waals surface area contributed by atoms with Crippen LogP contribution >= 0.6 is 23.2 Å². The number of nitrogens with one attached hydrogen (secondary N) is 1. The van der Waals surface area contributed by atoms with Crippen molar-refractivity contribution in [3.8, 4) is 0 Å². The van der Waals surface area contributed by atoms with E-state index in [2.05, 4.69) is 5.43 Å². The zero-order chi connectivity index (χ0) is 11.6. The van der Waals surface area contributed by atoms with E-state index in [1.54, 1.807) is 32.0 Å². The quantitative estimate of drug-likeness (QED) is 0.478. The normalized spacial score (nSPS) is 11.3. The molecule has 0 spiro atoms. The monoisotopic (exact) mass is 246 g/mol. The fourth-order valence-corrected chi connectivity index (χ4v) is 1.94. The first-order chi connectivity index (χ1) is 6.89. The zero-order valence-electron chi connectivity index (χ0n) is 8.47. The van der Waals surface area contributed by atoms with Crippen LogP contribution in [0.5, 0.6) is 0 Å². The topological polar surface area (TPSA) is 55.1 Å². The Kier molecular flexibility index (Phi) is 3.60. The number of carbonyl (C=O) groups excluding carboxylic acids is 1. The lowest BCUT2D eigenvalue weighted by Crippen LogP contribution is -2.43. The molecule has 0 aromatic heterocycles. The predicted molar refractivity (Wildman–Crippen MR) is 61.8 cm³/mol. The van der Waals surface area contributed by atoms with Gasteiger partial charge in [0.05, 0.1) is 5.41 Å². The molecule has 0 saturated heterocycles. The molecule has 0 bridgehead atoms. The average molecular weight is 247 g/mol. The zero-order valence-corrected chi connectivity index (χ0v) is 9.99. The van der Waals surface area contributed by atoms with Crippen LogP contribution in [0.25, 0.3) is 0 Å². The summed E-state index contributed by atoms with van der Waals surface area (Å²) in [5.41, 5.74) is 2.02. The van der Waals surface area contributed by atoms with Gasteiger partial charge in [-0.3, -0.25) is 10.2 Å². The van der Waals surface area contributed by atoms with Gasteiger partial charge < -0.3 is 0 Å². The van der Waals surface area contributed by atoms with Crippen molar-refractivity contribution in [2.24, 2.45) is 5.84 Å². The molecule has 82 valence electrons. The molecule has 0 saturated carbocycles. The van der Waals surface area contributed by atoms with Crippen molar-refractivity contribution < 1.29 is 4.79 Å². The van der Waals surface area contributed by atoms with E-state index < -0.39 is 5.41 Å². The summed E-state index contributed by atoms with van der Waals surface area (Å²) >= 11 is 11.8. The summed E-state index contributed by atoms with van der Waals surface area (Å²) in [7, 11) is 0. The van der Waals surface area contributed by atoms with Crippen LogP contribution in [0.4, 0.5) is 0 Å². The Morgan fingerprint density at radius 1 is 1.40 bits per heavy atom. The number of nitrogens with two attached hydrogens (primary N) is 1. The number of hydrazine groups is 1. The number of carbonyl (C=O) groups is 1. The molecule has 3 N–H and O–H groups in total. The number of rotatable bonds is 2. The molecule has 3 nitrogen and oxygen atoms in total. The lowest BCUT2D eigenvalue weighted by Gasteiger charge is -2.24. The van der Waals surface area contributed by atoms with Crippen LogP contribution in [-0.4, -0.2) is 5.91 Å². The smallest absolute Gasteiger partial charge is 0.244 e. The van der Waals surface area contributed by atoms with Crippen molar-refractivity contribution in [3.63, 3.8) is 0 Å². The number of hydrogen-bond donors (Lipinski definition) is 2. The fourth-order valence-electron chi connectivity index (χ4n) is 1.30. The molecule has 0 aliphatic heterocycles. The molecule has 5 heteroatoms. The Morgan fingerprint density at radius 3 is 2.47 bits per heavy atom. The lowest BCUT2D eigenvalue weighted by atomic mass is 9.84. The first-order valence-corrected chi connectivity index (χ1v) is 5.11. The van der Waals surface area contributed by atoms with E-state index in [1.807, 2.05) is 0 Å². The van der Waals surface area contributed by atoms with Gasteiger partial charge in [0.15, 0.2) is 0 Å². The first kappa shape index (κ1) is 12.3. The molecule has 0 fully saturated rings. The summed E-state index contributed by atoms with van der Waals surface area (Å²) in [6.07, 6.45) is 0. The minimum absolute atomic E-state index is 0.299. The molecule has 0 atom stereocenters. The van der Waals surface area contributed by atoms with Gasteiger partial charge in [-0.15, -0.1) is 0 Å². The predicted octanol–water partition coefficient (Wildman–Crippen LogP) is 2.26. The van der Waals surface area contributed by atoms with E-state index in [4.69, 9.17) is 29.0 Å². The lowest BCUT2D eigenvalue weighted by molar-refractivity contribution is -0.125. The highest BCUT2D eigenvalue weighted by molar-refractivity contribution is 6.35. The molecule has 1 aromatic rings. The number of amides is 1. The van der Waals surface area contributed by atoms with Crippen molar-refractivity contribution in [2.75, 3.05) is 0 Å². The van der Waals surface area contributed by atoms with Crippen LogP contribution < -0.4 is 11.3 Å². The molecule has 0 heterocycles. The first-order valence-electron chi connectivity index (χ1n) is 4.36. The van der Waals surface area contributed by atoms with Gasteiger partial charge in [0.2, 0.25) is 5.91 Å². The highest BCUT2D eigenvalue weighted by Gasteiger charge is 2.31. The minimum atomic E-state index is -0.781. The van der Waals surface area contributed by atoms with Crippen molar-refractivity contribution in [1.29, 1.82) is 0 Å². The Morgan fingerprint density at radius 2 is 2.00 bits per heavy atom. The summed E-state index contributed by atoms with van der Waals surface area (Å²) < 4.78 is 0. The second-order valence-corrected chi connectivity index (χ2v) is 4.57. The van der Waals surface area contributed by atoms with Gasteiger partial charge in [0.1, 0.15) is 0 Å². The van der Waals surface area contributed by atoms with Gasteiger partial charge in [-0.2, -0.15) is 0 Å². The number of hydrogen-bond acceptors (Lipinski definition) is 2. The maximum atomic E-state index is 11.5. The Balaban J connectivity index is 3.21. The Hall–Kier alpha value is -0.770. The van der Waals surface area contributed by atoms with Crippen molar-refractivity contribution >= 4 is 29.1 Å². The fraction of sp³-hybridized carbons (Fsp3) is 0.300. The molecule has 0 aliphatic carbocycles. The summed E-state index contributed by atoms with van der Waals surface area (Å²) in [4.78, 5) is 11.5. The van der Waals surface area contributed by atoms with E-state index >= 15 is 0 Å². The summed E-state index contributed by atoms with van der Waals surface area (Å²) in [5, 5.41) is 0.990. The van der Waals surface area contributed by atoms with Crippen LogP contribution in [0.3, 0.4) is 0 Å². The standard InChI is InChI=1S/C10H12Cl2N2O/c1-10(2,9(15)14-13)7-4-3-6(11)5-8(7)12/h3-5H,13H2,1-2H3,(H,14,15). The van der Waals surface area contributed by atoms with Crippen LogP contribution in [0.1, 0.15) is 19.4 Å². The van der Waals surface area contributed by atoms with E-state index in [9.17, 15) is 4.79 Å². The maximum absolute atomic E-state index is 11.5. The van der Waals surface area contributed by atoms with Crippen LogP contribution in [0.2, 0.25) is 10.0 Å². The van der Waals surface area contributed by atoms with E-state index in [1.165, 1.54) is 0 Å². The van der Waals surface area contributed by atoms with Crippen LogP contribution in [0, 0.1) is 0 Å². The van der Waals surface area contributed by atoms with Crippen molar-refractivity contribution in [3.05, 3.63) is 33.8 Å². The average Bonchev–Trinajstić information content (AvgIpc) is 2.15. The summed E-state index contributed by atoms with van der Waals surface area (Å²) in [6.45, 7) is 3.48. The second kappa shape index (κ2) is 4.39. The molecule has 1 amide bonds. The highest BCUT2D eigenvalue weighted by atomic mass is 35.5. The molecule has 15 heavy (non-hydrogen) atoms. The van der Waals surface area contributed by atoms with Gasteiger partial charge in [0, 0.05) is 10.0 Å². The maximum Gasteiger partial charge on any atom is 0.244 e. The summed E-state index contributed by atoms with van der Waals surface area (Å²) in [6, 6.07) is 5.01. The third-order valence-corrected chi connectivity index (χ3v) is 2.85. The van der Waals surface area contributed by atoms with Gasteiger partial charge in [-0.05, 0) is 31.5 Å². The van der Waals surface area contributed by atoms with Gasteiger partial charge >= 0.3 is 0 Å². The molecule has 0 unspecified atom stereocenters. The van der Waals surface area contributed by atoms with Gasteiger partial charge in [-0.1, -0.05) is 29.3 Å². The van der Waals surface area contributed by atoms with Gasteiger partial charge in [0.25, 0.3) is 0 Å². The number of benzene rings is 1. The molecule has 1 aromatic carbocycles. The summed E-state index contributed by atoms with van der Waals surface area (Å²) in [5.74, 6) is 4.81. The van der Waals surface area contributed by atoms with E-state index in [-0.39, 0.29) is 5.91 Å². The largest absolute Gasteiger partial charge is 0.294 e. The number of halogens is 2. The third-order valence-electron chi connectivity index (χ3n) is 2.30. The van der Waals surface area contributed by atoms with Crippen molar-refractivity contribution in [2.45, 2.75) is 19.3 Å². The SMILES string of the molecule is CC(C)(C(=O)NN)c1ccc(Cl)cc1Cl. The molecular formula is C10H12Cl2N2O. The minimum Gasteiger partial charge on any atom is -0.294 e. The second-order valence-electron chi connectivity index (χ2n) is 3.72. The Bertz CT molecular complexity index is 391. The molecule has 0 aliphatic rings. The van der Waals surface area contributed by atoms with E-state index in [0.29, 0.717) is 15.6 Å². The van der Waals surface area contributed by atoms with Crippen LogP contribution in [0.15, 0.2) is 18.2 Å². The van der Waals surface area contributed by atoms with Crippen molar-refractivity contribution in [1.82, 2.24) is 5.43 Å². The highest BCUT2D eigenvalue weighted by Crippen LogP contribution is 2.31. The third kappa shape index (κ3) is 2.43. The molecular weight excluding hydrogens is 235 g/mol. The molecule has 1 rings (SSSR count). The van der Waals surface area contributed by atoms with Gasteiger partial charge in [-0.25, -0.2) is 5.84 Å². The van der Waals surface area contributed by atoms with E-state index in [0.717, 1.165) is 0 Å². The molecule has 0 radical (unpaired) electrons. The van der Waals surface area contributed by atoms with Crippen LogP contribution in [-0.2, 0) is 10.2 Å². The Labute approximate surface area is 98.5 Å².